The minimum Gasteiger partial charge on any atom is -0.375 e. The smallest absolute Gasteiger partial charge is 0.325 e. The lowest BCUT2D eigenvalue weighted by molar-refractivity contribution is -0.132. The molecular weight excluding hydrogens is 332 g/mol. The number of aryl methyl sites for hydroxylation is 1. The van der Waals surface area contributed by atoms with Crippen LogP contribution in [0.5, 0.6) is 0 Å². The minimum absolute atomic E-state index is 0.0148. The average Bonchev–Trinajstić information content (AvgIpc) is 3.26. The van der Waals surface area contributed by atoms with Gasteiger partial charge in [-0.25, -0.2) is 4.79 Å². The molecule has 1 fully saturated rings. The lowest BCUT2D eigenvalue weighted by atomic mass is 9.80. The summed E-state index contributed by atoms with van der Waals surface area (Å²) in [6, 6.07) is 1.52. The van der Waals surface area contributed by atoms with E-state index in [1.807, 2.05) is 11.4 Å². The molecule has 0 unspecified atom stereocenters. The molecule has 1 saturated heterocycles. The number of carbonyl (C=O) groups is 2. The molecule has 2 aliphatic rings. The van der Waals surface area contributed by atoms with Crippen molar-refractivity contribution in [2.24, 2.45) is 0 Å². The van der Waals surface area contributed by atoms with Crippen molar-refractivity contribution < 1.29 is 18.8 Å². The number of imide groups is 1. The van der Waals surface area contributed by atoms with Crippen molar-refractivity contribution in [2.45, 2.75) is 38.0 Å². The number of amides is 3. The SMILES string of the molecule is COCc1nc(CN2C(=O)N[C@]3(CCCc4sccc43)C2=O)no1. The average molecular weight is 348 g/mol. The fraction of sp³-hybridized carbons (Fsp3) is 0.467. The van der Waals surface area contributed by atoms with E-state index < -0.39 is 11.6 Å². The monoisotopic (exact) mass is 348 g/mol. The van der Waals surface area contributed by atoms with Crippen molar-refractivity contribution in [2.75, 3.05) is 7.11 Å². The Bertz CT molecular complexity index is 801. The van der Waals surface area contributed by atoms with Gasteiger partial charge in [-0.05, 0) is 30.7 Å². The number of urea groups is 1. The van der Waals surface area contributed by atoms with Crippen LogP contribution in [0.25, 0.3) is 0 Å². The van der Waals surface area contributed by atoms with Gasteiger partial charge < -0.3 is 14.6 Å². The van der Waals surface area contributed by atoms with Gasteiger partial charge in [0.2, 0.25) is 0 Å². The molecule has 1 aliphatic carbocycles. The van der Waals surface area contributed by atoms with E-state index in [0.717, 1.165) is 23.3 Å². The molecule has 1 spiro atoms. The van der Waals surface area contributed by atoms with E-state index in [-0.39, 0.29) is 24.9 Å². The van der Waals surface area contributed by atoms with Gasteiger partial charge in [0, 0.05) is 17.6 Å². The maximum absolute atomic E-state index is 13.0. The van der Waals surface area contributed by atoms with E-state index >= 15 is 0 Å². The van der Waals surface area contributed by atoms with Crippen molar-refractivity contribution in [3.63, 3.8) is 0 Å². The summed E-state index contributed by atoms with van der Waals surface area (Å²) in [6.07, 6.45) is 2.43. The Balaban J connectivity index is 1.60. The first-order chi connectivity index (χ1) is 11.6. The second kappa shape index (κ2) is 5.67. The summed E-state index contributed by atoms with van der Waals surface area (Å²) in [4.78, 5) is 31.9. The summed E-state index contributed by atoms with van der Waals surface area (Å²) in [6.45, 7) is 0.175. The first-order valence-electron chi connectivity index (χ1n) is 7.65. The lowest BCUT2D eigenvalue weighted by Gasteiger charge is -2.31. The van der Waals surface area contributed by atoms with E-state index in [2.05, 4.69) is 15.5 Å². The van der Waals surface area contributed by atoms with Crippen LogP contribution >= 0.6 is 11.3 Å². The predicted octanol–water partition coefficient (Wildman–Crippen LogP) is 1.56. The van der Waals surface area contributed by atoms with E-state index in [9.17, 15) is 9.59 Å². The van der Waals surface area contributed by atoms with Gasteiger partial charge >= 0.3 is 6.03 Å². The van der Waals surface area contributed by atoms with Crippen LogP contribution in [-0.4, -0.2) is 34.1 Å². The number of hydrogen-bond donors (Lipinski definition) is 1. The molecule has 2 aromatic rings. The number of rotatable bonds is 4. The first-order valence-corrected chi connectivity index (χ1v) is 8.53. The van der Waals surface area contributed by atoms with Crippen LogP contribution in [0.4, 0.5) is 4.79 Å². The van der Waals surface area contributed by atoms with Crippen molar-refractivity contribution in [3.05, 3.63) is 33.6 Å². The normalized spacial score (nSPS) is 23.0. The van der Waals surface area contributed by atoms with Gasteiger partial charge in [-0.3, -0.25) is 9.69 Å². The van der Waals surface area contributed by atoms with Gasteiger partial charge in [-0.2, -0.15) is 4.98 Å². The Labute approximate surface area is 141 Å². The van der Waals surface area contributed by atoms with Gasteiger partial charge in [0.25, 0.3) is 11.8 Å². The number of ether oxygens (including phenoxy) is 1. The zero-order valence-corrected chi connectivity index (χ0v) is 13.9. The largest absolute Gasteiger partial charge is 0.375 e. The summed E-state index contributed by atoms with van der Waals surface area (Å²) in [5.41, 5.74) is -0.0168. The first kappa shape index (κ1) is 15.3. The van der Waals surface area contributed by atoms with E-state index in [0.29, 0.717) is 12.3 Å². The third kappa shape index (κ3) is 2.23. The number of methoxy groups -OCH3 is 1. The molecule has 0 bridgehead atoms. The molecule has 0 radical (unpaired) electrons. The van der Waals surface area contributed by atoms with Gasteiger partial charge in [-0.1, -0.05) is 5.16 Å². The van der Waals surface area contributed by atoms with Crippen LogP contribution < -0.4 is 5.32 Å². The number of fused-ring (bicyclic) bond motifs is 2. The minimum atomic E-state index is -0.941. The van der Waals surface area contributed by atoms with Crippen LogP contribution in [0, 0.1) is 0 Å². The van der Waals surface area contributed by atoms with Gasteiger partial charge in [-0.15, -0.1) is 11.3 Å². The highest BCUT2D eigenvalue weighted by molar-refractivity contribution is 7.10. The molecule has 4 rings (SSSR count). The zero-order chi connectivity index (χ0) is 16.7. The molecule has 24 heavy (non-hydrogen) atoms. The number of thiophene rings is 1. The lowest BCUT2D eigenvalue weighted by Crippen LogP contribution is -2.46. The van der Waals surface area contributed by atoms with E-state index in [4.69, 9.17) is 9.26 Å². The van der Waals surface area contributed by atoms with Crippen molar-refractivity contribution in [1.82, 2.24) is 20.4 Å². The van der Waals surface area contributed by atoms with Gasteiger partial charge in [0.1, 0.15) is 12.1 Å². The summed E-state index contributed by atoms with van der Waals surface area (Å²) < 4.78 is 9.93. The number of carbonyl (C=O) groups excluding carboxylic acids is 2. The molecule has 1 aliphatic heterocycles. The molecule has 8 nitrogen and oxygen atoms in total. The maximum Gasteiger partial charge on any atom is 0.325 e. The molecule has 0 aromatic carbocycles. The summed E-state index contributed by atoms with van der Waals surface area (Å²) in [5.74, 6) is 0.348. The number of aromatic nitrogens is 2. The molecule has 126 valence electrons. The predicted molar refractivity (Wildman–Crippen MR) is 83.0 cm³/mol. The summed E-state index contributed by atoms with van der Waals surface area (Å²) in [5, 5.41) is 8.66. The Kier molecular flexibility index (Phi) is 3.61. The molecule has 0 saturated carbocycles. The number of hydrogen-bond acceptors (Lipinski definition) is 7. The quantitative estimate of drug-likeness (QED) is 0.842. The van der Waals surface area contributed by atoms with Crippen LogP contribution in [0.3, 0.4) is 0 Å². The molecule has 2 aromatic heterocycles. The van der Waals surface area contributed by atoms with E-state index in [1.54, 1.807) is 11.3 Å². The summed E-state index contributed by atoms with van der Waals surface area (Å²) in [7, 11) is 1.52. The standard InChI is InChI=1S/C15H16N4O4S/c1-22-8-12-16-11(18-23-12)7-19-13(20)15(17-14(19)21)5-2-3-10-9(15)4-6-24-10/h4,6H,2-3,5,7-8H2,1H3,(H,17,21)/t15-/m0/s1. The maximum atomic E-state index is 13.0. The highest BCUT2D eigenvalue weighted by Gasteiger charge is 2.54. The molecule has 1 atom stereocenters. The van der Waals surface area contributed by atoms with Crippen LogP contribution in [0.1, 0.15) is 35.0 Å². The zero-order valence-electron chi connectivity index (χ0n) is 13.1. The van der Waals surface area contributed by atoms with Crippen LogP contribution in [0.2, 0.25) is 0 Å². The molecule has 3 heterocycles. The topological polar surface area (TPSA) is 97.6 Å². The van der Waals surface area contributed by atoms with Gasteiger partial charge in [0.15, 0.2) is 5.82 Å². The fourth-order valence-corrected chi connectivity index (χ4v) is 4.36. The van der Waals surface area contributed by atoms with Crippen LogP contribution in [0.15, 0.2) is 16.0 Å². The number of nitrogens with one attached hydrogen (secondary N) is 1. The van der Waals surface area contributed by atoms with Gasteiger partial charge in [0.05, 0.1) is 6.54 Å². The Morgan fingerprint density at radius 3 is 3.21 bits per heavy atom. The molecule has 1 N–H and O–H groups in total. The summed E-state index contributed by atoms with van der Waals surface area (Å²) >= 11 is 1.63. The fourth-order valence-electron chi connectivity index (χ4n) is 3.36. The highest BCUT2D eigenvalue weighted by Crippen LogP contribution is 2.42. The van der Waals surface area contributed by atoms with Crippen molar-refractivity contribution >= 4 is 23.3 Å². The molecule has 3 amide bonds. The Morgan fingerprint density at radius 2 is 2.38 bits per heavy atom. The highest BCUT2D eigenvalue weighted by atomic mass is 32.1. The van der Waals surface area contributed by atoms with Crippen molar-refractivity contribution in [1.29, 1.82) is 0 Å². The third-order valence-electron chi connectivity index (χ3n) is 4.41. The third-order valence-corrected chi connectivity index (χ3v) is 5.39. The Hall–Kier alpha value is -2.26. The number of nitrogens with zero attached hydrogens (tertiary/aromatic N) is 3. The van der Waals surface area contributed by atoms with E-state index in [1.165, 1.54) is 12.0 Å². The molecular formula is C15H16N4O4S. The van der Waals surface area contributed by atoms with Crippen LogP contribution in [-0.2, 0) is 34.6 Å². The second-order valence-electron chi connectivity index (χ2n) is 5.88. The Morgan fingerprint density at radius 1 is 1.50 bits per heavy atom. The molecule has 9 heteroatoms. The second-order valence-corrected chi connectivity index (χ2v) is 6.88. The van der Waals surface area contributed by atoms with Crippen molar-refractivity contribution in [3.8, 4) is 0 Å².